The number of nitrogens with zero attached hydrogens (tertiary/aromatic N) is 2. The highest BCUT2D eigenvalue weighted by Crippen LogP contribution is 2.26. The van der Waals surface area contributed by atoms with E-state index in [1.54, 1.807) is 18.2 Å². The molecule has 1 fully saturated rings. The smallest absolute Gasteiger partial charge is 0.220 e. The lowest BCUT2D eigenvalue weighted by Crippen LogP contribution is -2.25. The Morgan fingerprint density at radius 3 is 3.00 bits per heavy atom. The average Bonchev–Trinajstić information content (AvgIpc) is 3.11. The van der Waals surface area contributed by atoms with Crippen molar-refractivity contribution in [3.63, 3.8) is 0 Å². The minimum atomic E-state index is -0.274. The van der Waals surface area contributed by atoms with Crippen LogP contribution in [0, 0.1) is 5.82 Å². The van der Waals surface area contributed by atoms with E-state index in [1.807, 2.05) is 16.0 Å². The molecule has 4 rings (SSSR count). The molecule has 0 unspecified atom stereocenters. The number of halogens is 1. The standard InChI is InChI=1S/C17H16FN3OS/c18-14-4-2-1-3-13(14)15-9-21-12(10-23-17(21)20-15)7-8-16(22)19-11-5-6-11/h1-4,9-11H,5-8H2,(H,19,22). The van der Waals surface area contributed by atoms with Gasteiger partial charge in [-0.05, 0) is 31.4 Å². The van der Waals surface area contributed by atoms with Crippen LogP contribution in [0.25, 0.3) is 16.2 Å². The third-order valence-corrected chi connectivity index (χ3v) is 4.87. The van der Waals surface area contributed by atoms with Gasteiger partial charge in [-0.15, -0.1) is 11.3 Å². The fraction of sp³-hybridized carbons (Fsp3) is 0.294. The zero-order valence-corrected chi connectivity index (χ0v) is 13.3. The molecule has 1 aromatic carbocycles. The van der Waals surface area contributed by atoms with Crippen molar-refractivity contribution in [2.75, 3.05) is 0 Å². The Bertz CT molecular complexity index is 866. The molecule has 0 saturated heterocycles. The third-order valence-electron chi connectivity index (χ3n) is 3.98. The molecule has 4 nitrogen and oxygen atoms in total. The molecule has 6 heteroatoms. The van der Waals surface area contributed by atoms with Crippen molar-refractivity contribution in [1.82, 2.24) is 14.7 Å². The predicted octanol–water partition coefficient (Wildman–Crippen LogP) is 3.41. The number of carbonyl (C=O) groups excluding carboxylic acids is 1. The number of thiazole rings is 1. The van der Waals surface area contributed by atoms with Gasteiger partial charge < -0.3 is 5.32 Å². The lowest BCUT2D eigenvalue weighted by Gasteiger charge is -2.02. The molecule has 0 aliphatic heterocycles. The molecule has 0 radical (unpaired) electrons. The van der Waals surface area contributed by atoms with Crippen LogP contribution < -0.4 is 5.32 Å². The first kappa shape index (κ1) is 14.4. The van der Waals surface area contributed by atoms with E-state index in [0.717, 1.165) is 23.5 Å². The Morgan fingerprint density at radius 1 is 1.39 bits per heavy atom. The van der Waals surface area contributed by atoms with Gasteiger partial charge in [-0.2, -0.15) is 0 Å². The summed E-state index contributed by atoms with van der Waals surface area (Å²) < 4.78 is 15.8. The van der Waals surface area contributed by atoms with Gasteiger partial charge >= 0.3 is 0 Å². The average molecular weight is 329 g/mol. The summed E-state index contributed by atoms with van der Waals surface area (Å²) in [5.74, 6) is -0.176. The maximum absolute atomic E-state index is 13.9. The van der Waals surface area contributed by atoms with Crippen molar-refractivity contribution < 1.29 is 9.18 Å². The van der Waals surface area contributed by atoms with Crippen molar-refractivity contribution in [3.8, 4) is 11.3 Å². The first-order valence-corrected chi connectivity index (χ1v) is 8.58. The maximum Gasteiger partial charge on any atom is 0.220 e. The van der Waals surface area contributed by atoms with E-state index in [1.165, 1.54) is 17.4 Å². The molecule has 23 heavy (non-hydrogen) atoms. The summed E-state index contributed by atoms with van der Waals surface area (Å²) in [5, 5.41) is 5.00. The fourth-order valence-corrected chi connectivity index (χ4v) is 3.48. The maximum atomic E-state index is 13.9. The summed E-state index contributed by atoms with van der Waals surface area (Å²) in [7, 11) is 0. The summed E-state index contributed by atoms with van der Waals surface area (Å²) >= 11 is 1.51. The van der Waals surface area contributed by atoms with Crippen LogP contribution >= 0.6 is 11.3 Å². The number of rotatable bonds is 5. The number of aromatic nitrogens is 2. The molecular weight excluding hydrogens is 313 g/mol. The monoisotopic (exact) mass is 329 g/mol. The van der Waals surface area contributed by atoms with Gasteiger partial charge in [-0.1, -0.05) is 12.1 Å². The van der Waals surface area contributed by atoms with Crippen molar-refractivity contribution in [3.05, 3.63) is 47.4 Å². The molecule has 1 aliphatic rings. The minimum Gasteiger partial charge on any atom is -0.353 e. The first-order chi connectivity index (χ1) is 11.2. The summed E-state index contributed by atoms with van der Waals surface area (Å²) in [6.07, 6.45) is 5.17. The predicted molar refractivity (Wildman–Crippen MR) is 87.9 cm³/mol. The molecule has 2 aromatic heterocycles. The normalized spacial score (nSPS) is 14.3. The second-order valence-corrected chi connectivity index (χ2v) is 6.66. The number of hydrogen-bond acceptors (Lipinski definition) is 3. The van der Waals surface area contributed by atoms with Crippen LogP contribution in [0.2, 0.25) is 0 Å². The molecule has 0 bridgehead atoms. The quantitative estimate of drug-likeness (QED) is 0.780. The molecule has 3 aromatic rings. The van der Waals surface area contributed by atoms with Gasteiger partial charge in [0.2, 0.25) is 5.91 Å². The van der Waals surface area contributed by atoms with Crippen LogP contribution in [0.3, 0.4) is 0 Å². The summed E-state index contributed by atoms with van der Waals surface area (Å²) in [4.78, 5) is 17.1. The Balaban J connectivity index is 1.54. The second-order valence-electron chi connectivity index (χ2n) is 5.83. The molecule has 0 spiro atoms. The largest absolute Gasteiger partial charge is 0.353 e. The van der Waals surface area contributed by atoms with Gasteiger partial charge in [0, 0.05) is 35.3 Å². The summed E-state index contributed by atoms with van der Waals surface area (Å²) in [6.45, 7) is 0. The number of nitrogens with one attached hydrogen (secondary N) is 1. The molecule has 1 amide bonds. The molecule has 1 saturated carbocycles. The van der Waals surface area contributed by atoms with Crippen LogP contribution in [0.15, 0.2) is 35.8 Å². The number of hydrogen-bond donors (Lipinski definition) is 1. The Kier molecular flexibility index (Phi) is 3.61. The molecule has 1 aliphatic carbocycles. The van der Waals surface area contributed by atoms with Crippen molar-refractivity contribution in [1.29, 1.82) is 0 Å². The number of carbonyl (C=O) groups is 1. The zero-order valence-electron chi connectivity index (χ0n) is 12.5. The van der Waals surface area contributed by atoms with E-state index in [2.05, 4.69) is 10.3 Å². The molecule has 118 valence electrons. The van der Waals surface area contributed by atoms with Gasteiger partial charge in [0.15, 0.2) is 4.96 Å². The van der Waals surface area contributed by atoms with E-state index < -0.39 is 0 Å². The van der Waals surface area contributed by atoms with Gasteiger partial charge in [0.05, 0.1) is 5.69 Å². The topological polar surface area (TPSA) is 46.4 Å². The molecule has 2 heterocycles. The van der Waals surface area contributed by atoms with Crippen LogP contribution in [0.4, 0.5) is 4.39 Å². The van der Waals surface area contributed by atoms with Crippen LogP contribution in [-0.4, -0.2) is 21.3 Å². The zero-order chi connectivity index (χ0) is 15.8. The third kappa shape index (κ3) is 2.99. The Labute approximate surface area is 137 Å². The molecule has 1 N–H and O–H groups in total. The first-order valence-electron chi connectivity index (χ1n) is 7.70. The second kappa shape index (κ2) is 5.77. The number of fused-ring (bicyclic) bond motifs is 1. The Morgan fingerprint density at radius 2 is 2.22 bits per heavy atom. The number of aryl methyl sites for hydroxylation is 1. The number of imidazole rings is 1. The Hall–Kier alpha value is -2.21. The van der Waals surface area contributed by atoms with Gasteiger partial charge in [0.25, 0.3) is 0 Å². The van der Waals surface area contributed by atoms with Crippen molar-refractivity contribution in [2.45, 2.75) is 31.7 Å². The fourth-order valence-electron chi connectivity index (χ4n) is 2.58. The van der Waals surface area contributed by atoms with Gasteiger partial charge in [-0.3, -0.25) is 9.20 Å². The van der Waals surface area contributed by atoms with Crippen LogP contribution in [0.1, 0.15) is 25.0 Å². The molecular formula is C17H16FN3OS. The SMILES string of the molecule is O=C(CCc1csc2nc(-c3ccccc3F)cn12)NC1CC1. The highest BCUT2D eigenvalue weighted by molar-refractivity contribution is 7.15. The summed E-state index contributed by atoms with van der Waals surface area (Å²) in [5.41, 5.74) is 2.16. The van der Waals surface area contributed by atoms with Crippen molar-refractivity contribution in [2.24, 2.45) is 0 Å². The van der Waals surface area contributed by atoms with Crippen molar-refractivity contribution >= 4 is 22.2 Å². The minimum absolute atomic E-state index is 0.0984. The van der Waals surface area contributed by atoms with E-state index in [9.17, 15) is 9.18 Å². The van der Waals surface area contributed by atoms with Crippen LogP contribution in [-0.2, 0) is 11.2 Å². The van der Waals surface area contributed by atoms with E-state index in [4.69, 9.17) is 0 Å². The molecule has 0 atom stereocenters. The summed E-state index contributed by atoms with van der Waals surface area (Å²) in [6, 6.07) is 7.03. The number of amides is 1. The van der Waals surface area contributed by atoms with E-state index in [-0.39, 0.29) is 11.7 Å². The highest BCUT2D eigenvalue weighted by Gasteiger charge is 2.23. The van der Waals surface area contributed by atoms with E-state index >= 15 is 0 Å². The van der Waals surface area contributed by atoms with E-state index in [0.29, 0.717) is 30.1 Å². The lowest BCUT2D eigenvalue weighted by molar-refractivity contribution is -0.121. The number of benzene rings is 1. The van der Waals surface area contributed by atoms with Gasteiger partial charge in [-0.25, -0.2) is 9.37 Å². The van der Waals surface area contributed by atoms with Crippen LogP contribution in [0.5, 0.6) is 0 Å². The highest BCUT2D eigenvalue weighted by atomic mass is 32.1. The van der Waals surface area contributed by atoms with Gasteiger partial charge in [0.1, 0.15) is 5.82 Å². The lowest BCUT2D eigenvalue weighted by atomic mass is 10.1.